The zero-order valence-corrected chi connectivity index (χ0v) is 30.4. The predicted octanol–water partition coefficient (Wildman–Crippen LogP) is 2.10. The first kappa shape index (κ1) is 38.1. The van der Waals surface area contributed by atoms with Crippen molar-refractivity contribution in [2.75, 3.05) is 45.6 Å². The van der Waals surface area contributed by atoms with Crippen LogP contribution in [0.5, 0.6) is 0 Å². The number of nitrogens with zero attached hydrogens (tertiary/aromatic N) is 2. The second-order valence-corrected chi connectivity index (χ2v) is 18.1. The summed E-state index contributed by atoms with van der Waals surface area (Å²) >= 11 is 0. The molecule has 4 N–H and O–H groups in total. The van der Waals surface area contributed by atoms with Crippen molar-refractivity contribution >= 4 is 27.7 Å². The number of fused-ring (bicyclic) bond motifs is 1. The van der Waals surface area contributed by atoms with E-state index in [4.69, 9.17) is 4.74 Å². The third-order valence-electron chi connectivity index (χ3n) is 10.3. The first-order valence-electron chi connectivity index (χ1n) is 17.4. The molecule has 0 aromatic heterocycles. The Morgan fingerprint density at radius 2 is 1.60 bits per heavy atom. The van der Waals surface area contributed by atoms with Gasteiger partial charge in [0.15, 0.2) is 9.84 Å². The maximum atomic E-state index is 14.1. The van der Waals surface area contributed by atoms with Crippen molar-refractivity contribution in [3.63, 3.8) is 0 Å². The summed E-state index contributed by atoms with van der Waals surface area (Å²) < 4.78 is 29.6. The number of amides is 4. The summed E-state index contributed by atoms with van der Waals surface area (Å²) in [5.41, 5.74) is 0.452. The lowest BCUT2D eigenvalue weighted by Crippen LogP contribution is -2.65. The van der Waals surface area contributed by atoms with Crippen LogP contribution >= 0.6 is 0 Å². The van der Waals surface area contributed by atoms with Crippen LogP contribution in [0.2, 0.25) is 0 Å². The van der Waals surface area contributed by atoms with Crippen LogP contribution in [0.15, 0.2) is 30.3 Å². The van der Waals surface area contributed by atoms with Crippen molar-refractivity contribution in [3.05, 3.63) is 35.9 Å². The molecule has 0 bridgehead atoms. The van der Waals surface area contributed by atoms with Gasteiger partial charge in [0.25, 0.3) is 0 Å². The van der Waals surface area contributed by atoms with Crippen LogP contribution < -0.4 is 16.0 Å². The van der Waals surface area contributed by atoms with Crippen molar-refractivity contribution in [1.29, 1.82) is 0 Å². The molecule has 1 aromatic carbocycles. The highest BCUT2D eigenvalue weighted by Crippen LogP contribution is 2.39. The van der Waals surface area contributed by atoms with Crippen molar-refractivity contribution < 1.29 is 32.6 Å². The Kier molecular flexibility index (Phi) is 12.6. The highest BCUT2D eigenvalue weighted by molar-refractivity contribution is 7.92. The molecular formula is C35H57N5O7S. The Labute approximate surface area is 286 Å². The standard InChI is InChI=1S/C35H57N5O7S/c1-34(2,3)38-31(42)28-21-25-14-10-11-15-26(25)22-40(28)23-29(41)27(20-24-12-8-7-9-13-24)36-32(43)30(35(4,5)48(6,45)46)37-33(44)39-16-18-47-19-17-39/h7-9,12-13,25-30,41H,10-11,14-23H2,1-6H3,(H,36,43)(H,37,44)(H,38,42)/t25-,26+,27-,28-,29+,30+/m0/s1. The van der Waals surface area contributed by atoms with E-state index in [1.54, 1.807) is 0 Å². The van der Waals surface area contributed by atoms with Crippen LogP contribution in [0.4, 0.5) is 4.79 Å². The second-order valence-electron chi connectivity index (χ2n) is 15.5. The number of ether oxygens (including phenoxy) is 1. The number of aliphatic hydroxyl groups is 1. The fourth-order valence-electron chi connectivity index (χ4n) is 7.16. The lowest BCUT2D eigenvalue weighted by Gasteiger charge is -2.47. The van der Waals surface area contributed by atoms with E-state index in [1.165, 1.54) is 18.7 Å². The molecule has 2 aliphatic heterocycles. The Morgan fingerprint density at radius 1 is 0.979 bits per heavy atom. The molecule has 1 aliphatic carbocycles. The van der Waals surface area contributed by atoms with Crippen LogP contribution in [0.1, 0.15) is 72.3 Å². The third kappa shape index (κ3) is 9.92. The van der Waals surface area contributed by atoms with Crippen LogP contribution in [-0.2, 0) is 30.6 Å². The summed E-state index contributed by atoms with van der Waals surface area (Å²) in [5, 5.41) is 20.7. The van der Waals surface area contributed by atoms with E-state index >= 15 is 0 Å². The first-order chi connectivity index (χ1) is 22.5. The fraction of sp³-hybridized carbons (Fsp3) is 0.743. The lowest BCUT2D eigenvalue weighted by molar-refractivity contribution is -0.133. The molecule has 0 unspecified atom stereocenters. The average Bonchev–Trinajstić information content (AvgIpc) is 3.02. The maximum Gasteiger partial charge on any atom is 0.318 e. The van der Waals surface area contributed by atoms with E-state index in [2.05, 4.69) is 20.9 Å². The number of rotatable bonds is 11. The molecule has 2 saturated heterocycles. The van der Waals surface area contributed by atoms with Gasteiger partial charge < -0.3 is 30.7 Å². The first-order valence-corrected chi connectivity index (χ1v) is 19.3. The van der Waals surface area contributed by atoms with E-state index in [0.29, 0.717) is 51.1 Å². The number of β-amino-alcohol motifs (C(OH)–C–C–N with tert-alkyl or cyclic N) is 1. The van der Waals surface area contributed by atoms with Crippen molar-refractivity contribution in [1.82, 2.24) is 25.8 Å². The number of likely N-dealkylation sites (tertiary alicyclic amines) is 1. The molecule has 4 amide bonds. The molecule has 2 heterocycles. The number of nitrogens with one attached hydrogen (secondary N) is 3. The Morgan fingerprint density at radius 3 is 2.21 bits per heavy atom. The van der Waals surface area contributed by atoms with E-state index < -0.39 is 56.3 Å². The highest BCUT2D eigenvalue weighted by Gasteiger charge is 2.46. The van der Waals surface area contributed by atoms with Crippen LogP contribution in [0.25, 0.3) is 0 Å². The van der Waals surface area contributed by atoms with Gasteiger partial charge in [-0.25, -0.2) is 13.2 Å². The Bertz CT molecular complexity index is 1360. The summed E-state index contributed by atoms with van der Waals surface area (Å²) in [4.78, 5) is 44.6. The Balaban J connectivity index is 1.60. The number of aliphatic hydroxyl groups excluding tert-OH is 1. The minimum Gasteiger partial charge on any atom is -0.390 e. The smallest absolute Gasteiger partial charge is 0.318 e. The molecule has 0 spiro atoms. The molecule has 6 atom stereocenters. The van der Waals surface area contributed by atoms with Crippen molar-refractivity contribution in [3.8, 4) is 0 Å². The molecule has 270 valence electrons. The third-order valence-corrected chi connectivity index (χ3v) is 12.4. The summed E-state index contributed by atoms with van der Waals surface area (Å²) in [6.07, 6.45) is 5.41. The normalized spacial score (nSPS) is 24.5. The minimum atomic E-state index is -3.84. The number of piperidine rings is 1. The summed E-state index contributed by atoms with van der Waals surface area (Å²) in [7, 11) is -3.84. The van der Waals surface area contributed by atoms with Gasteiger partial charge in [0.2, 0.25) is 11.8 Å². The molecule has 3 fully saturated rings. The van der Waals surface area contributed by atoms with E-state index in [0.717, 1.165) is 37.5 Å². The van der Waals surface area contributed by atoms with E-state index in [1.807, 2.05) is 51.1 Å². The zero-order chi connectivity index (χ0) is 35.3. The molecule has 1 saturated carbocycles. The van der Waals surface area contributed by atoms with Crippen molar-refractivity contribution in [2.45, 2.75) is 108 Å². The maximum absolute atomic E-state index is 14.1. The molecule has 48 heavy (non-hydrogen) atoms. The molecule has 3 aliphatic rings. The van der Waals surface area contributed by atoms with Crippen LogP contribution in [0, 0.1) is 11.8 Å². The zero-order valence-electron chi connectivity index (χ0n) is 29.5. The van der Waals surface area contributed by atoms with Gasteiger partial charge in [-0.1, -0.05) is 49.6 Å². The topological polar surface area (TPSA) is 157 Å². The molecule has 4 rings (SSSR count). The summed E-state index contributed by atoms with van der Waals surface area (Å²) in [6.45, 7) is 10.8. The van der Waals surface area contributed by atoms with Gasteiger partial charge in [0.1, 0.15) is 6.04 Å². The Hall–Kier alpha value is -2.74. The van der Waals surface area contributed by atoms with Crippen LogP contribution in [-0.4, -0.2) is 121 Å². The van der Waals surface area contributed by atoms with Crippen LogP contribution in [0.3, 0.4) is 0 Å². The van der Waals surface area contributed by atoms with Gasteiger partial charge in [0.05, 0.1) is 36.1 Å². The van der Waals surface area contributed by atoms with Gasteiger partial charge in [-0.05, 0) is 71.3 Å². The number of hydrogen-bond acceptors (Lipinski definition) is 8. The second kappa shape index (κ2) is 15.9. The highest BCUT2D eigenvalue weighted by atomic mass is 32.2. The van der Waals surface area contributed by atoms with Gasteiger partial charge in [0, 0.05) is 38.0 Å². The van der Waals surface area contributed by atoms with Gasteiger partial charge >= 0.3 is 6.03 Å². The SMILES string of the molecule is CC(C)(C)NC(=O)[C@@H]1C[C@@H]2CCCC[C@@H]2CN1C[C@@H](O)[C@H](Cc1ccccc1)NC(=O)[C@@H](NC(=O)N1CCOCC1)C(C)(C)S(C)(=O)=O. The van der Waals surface area contributed by atoms with Gasteiger partial charge in [-0.2, -0.15) is 0 Å². The molecule has 1 aromatic rings. The molecule has 0 radical (unpaired) electrons. The average molecular weight is 692 g/mol. The summed E-state index contributed by atoms with van der Waals surface area (Å²) in [5.74, 6) is 0.113. The number of morpholine rings is 1. The number of sulfone groups is 1. The number of carbonyl (C=O) groups excluding carboxylic acids is 3. The monoisotopic (exact) mass is 691 g/mol. The molecular weight excluding hydrogens is 634 g/mol. The number of benzene rings is 1. The largest absolute Gasteiger partial charge is 0.390 e. The number of urea groups is 1. The summed E-state index contributed by atoms with van der Waals surface area (Å²) in [6, 6.07) is 6.17. The molecule has 12 nitrogen and oxygen atoms in total. The quantitative estimate of drug-likeness (QED) is 0.275. The minimum absolute atomic E-state index is 0.0665. The van der Waals surface area contributed by atoms with Gasteiger partial charge in [-0.15, -0.1) is 0 Å². The molecule has 13 heteroatoms. The van der Waals surface area contributed by atoms with Crippen molar-refractivity contribution in [2.24, 2.45) is 11.8 Å². The number of hydrogen-bond donors (Lipinski definition) is 4. The van der Waals surface area contributed by atoms with E-state index in [9.17, 15) is 27.9 Å². The lowest BCUT2D eigenvalue weighted by atomic mass is 9.72. The predicted molar refractivity (Wildman–Crippen MR) is 185 cm³/mol. The number of carbonyl (C=O) groups is 3. The van der Waals surface area contributed by atoms with E-state index in [-0.39, 0.29) is 18.9 Å². The van der Waals surface area contributed by atoms with Gasteiger partial charge in [-0.3, -0.25) is 14.5 Å². The fourth-order valence-corrected chi connectivity index (χ4v) is 7.76.